The Labute approximate surface area is 150 Å². The first-order valence-electron chi connectivity index (χ1n) is 7.04. The fraction of sp³-hybridized carbons (Fsp3) is 0.118. The van der Waals surface area contributed by atoms with Gasteiger partial charge in [0.2, 0.25) is 0 Å². The van der Waals surface area contributed by atoms with Crippen molar-refractivity contribution in [2.75, 3.05) is 12.4 Å². The van der Waals surface area contributed by atoms with Gasteiger partial charge in [-0.15, -0.1) is 11.3 Å². The molecule has 1 heterocycles. The molecule has 0 saturated carbocycles. The van der Waals surface area contributed by atoms with E-state index in [1.54, 1.807) is 18.2 Å². The molecule has 0 aliphatic carbocycles. The number of anilines is 1. The van der Waals surface area contributed by atoms with Crippen LogP contribution in [0.2, 0.25) is 5.02 Å². The lowest BCUT2D eigenvalue weighted by Gasteiger charge is -2.08. The average molecular weight is 386 g/mol. The molecule has 0 radical (unpaired) electrons. The summed E-state index contributed by atoms with van der Waals surface area (Å²) in [5.41, 5.74) is -0.526. The molecule has 0 fully saturated rings. The van der Waals surface area contributed by atoms with Crippen LogP contribution in [0.3, 0.4) is 0 Å². The maximum atomic E-state index is 12.6. The van der Waals surface area contributed by atoms with Crippen molar-refractivity contribution in [3.05, 3.63) is 57.9 Å². The Bertz CT molecular complexity index is 935. The fourth-order valence-electron chi connectivity index (χ4n) is 2.25. The lowest BCUT2D eigenvalue weighted by Crippen LogP contribution is -2.11. The highest BCUT2D eigenvalue weighted by atomic mass is 35.5. The minimum absolute atomic E-state index is 0.254. The van der Waals surface area contributed by atoms with Crippen LogP contribution in [0.1, 0.15) is 15.2 Å². The van der Waals surface area contributed by atoms with Crippen molar-refractivity contribution in [2.24, 2.45) is 0 Å². The minimum atomic E-state index is -4.42. The number of carbonyl (C=O) groups excluding carboxylic acids is 1. The van der Waals surface area contributed by atoms with E-state index in [2.05, 4.69) is 5.32 Å². The standard InChI is InChI=1S/C17H11ClF3NO2S/c1-24-11-6-7-13-12(8-11)14(18)15(25-13)16(23)22-10-4-2-9(3-5-10)17(19,20)21/h2-8H,1H3,(H,22,23). The zero-order valence-corrected chi connectivity index (χ0v) is 14.4. The molecule has 3 nitrogen and oxygen atoms in total. The third kappa shape index (κ3) is 3.57. The van der Waals surface area contributed by atoms with Crippen molar-refractivity contribution in [1.29, 1.82) is 0 Å². The molecule has 1 amide bonds. The molecule has 0 saturated heterocycles. The number of halogens is 4. The van der Waals surface area contributed by atoms with Crippen LogP contribution in [0.25, 0.3) is 10.1 Å². The van der Waals surface area contributed by atoms with Gasteiger partial charge in [-0.2, -0.15) is 13.2 Å². The third-order valence-corrected chi connectivity index (χ3v) is 5.19. The number of methoxy groups -OCH3 is 1. The Morgan fingerprint density at radius 2 is 1.84 bits per heavy atom. The summed E-state index contributed by atoms with van der Waals surface area (Å²) in [6.45, 7) is 0. The molecule has 0 aliphatic heterocycles. The molecule has 3 rings (SSSR count). The van der Waals surface area contributed by atoms with Crippen LogP contribution in [-0.2, 0) is 6.18 Å². The van der Waals surface area contributed by atoms with Crippen LogP contribution in [-0.4, -0.2) is 13.0 Å². The molecule has 2 aromatic carbocycles. The van der Waals surface area contributed by atoms with E-state index in [1.165, 1.54) is 30.6 Å². The summed E-state index contributed by atoms with van der Waals surface area (Å²) in [6.07, 6.45) is -4.42. The smallest absolute Gasteiger partial charge is 0.416 e. The molecule has 0 bridgehead atoms. The molecule has 0 aliphatic rings. The van der Waals surface area contributed by atoms with Crippen molar-refractivity contribution in [2.45, 2.75) is 6.18 Å². The summed E-state index contributed by atoms with van der Waals surface area (Å²) < 4.78 is 43.6. The van der Waals surface area contributed by atoms with Crippen molar-refractivity contribution >= 4 is 44.6 Å². The maximum Gasteiger partial charge on any atom is 0.416 e. The van der Waals surface area contributed by atoms with Crippen molar-refractivity contribution < 1.29 is 22.7 Å². The first kappa shape index (κ1) is 17.6. The number of nitrogens with one attached hydrogen (secondary N) is 1. The quantitative estimate of drug-likeness (QED) is 0.615. The molecule has 0 unspecified atom stereocenters. The van der Waals surface area contributed by atoms with Gasteiger partial charge in [-0.05, 0) is 42.5 Å². The van der Waals surface area contributed by atoms with E-state index in [-0.39, 0.29) is 15.6 Å². The molecule has 0 atom stereocenters. The Kier molecular flexibility index (Phi) is 4.62. The van der Waals surface area contributed by atoms with E-state index in [0.717, 1.165) is 16.8 Å². The highest BCUT2D eigenvalue weighted by molar-refractivity contribution is 7.21. The number of thiophene rings is 1. The maximum absolute atomic E-state index is 12.6. The van der Waals surface area contributed by atoms with Crippen LogP contribution in [0.15, 0.2) is 42.5 Å². The summed E-state index contributed by atoms with van der Waals surface area (Å²) in [6, 6.07) is 9.49. The van der Waals surface area contributed by atoms with Crippen molar-refractivity contribution in [3.63, 3.8) is 0 Å². The first-order chi connectivity index (χ1) is 11.8. The highest BCUT2D eigenvalue weighted by Crippen LogP contribution is 2.37. The SMILES string of the molecule is COc1ccc2sc(C(=O)Nc3ccc(C(F)(F)F)cc3)c(Cl)c2c1. The van der Waals surface area contributed by atoms with Crippen molar-refractivity contribution in [3.8, 4) is 5.75 Å². The van der Waals surface area contributed by atoms with Gasteiger partial charge in [-0.25, -0.2) is 0 Å². The van der Waals surface area contributed by atoms with E-state index in [9.17, 15) is 18.0 Å². The number of ether oxygens (including phenoxy) is 1. The van der Waals surface area contributed by atoms with Gasteiger partial charge in [0.25, 0.3) is 5.91 Å². The second-order valence-corrected chi connectivity index (χ2v) is 6.57. The lowest BCUT2D eigenvalue weighted by atomic mass is 10.2. The van der Waals surface area contributed by atoms with E-state index in [1.807, 2.05) is 0 Å². The Hall–Kier alpha value is -2.25. The number of carbonyl (C=O) groups is 1. The topological polar surface area (TPSA) is 38.3 Å². The number of hydrogen-bond acceptors (Lipinski definition) is 3. The summed E-state index contributed by atoms with van der Waals surface area (Å²) in [5.74, 6) is 0.131. The van der Waals surface area contributed by atoms with Gasteiger partial charge >= 0.3 is 6.18 Å². The van der Waals surface area contributed by atoms with Gasteiger partial charge in [0.05, 0.1) is 17.7 Å². The summed E-state index contributed by atoms with van der Waals surface area (Å²) in [4.78, 5) is 12.7. The van der Waals surface area contributed by atoms with Crippen LogP contribution in [0.5, 0.6) is 5.75 Å². The number of hydrogen-bond donors (Lipinski definition) is 1. The molecule has 8 heteroatoms. The van der Waals surface area contributed by atoms with Crippen LogP contribution < -0.4 is 10.1 Å². The monoisotopic (exact) mass is 385 g/mol. The normalized spacial score (nSPS) is 11.6. The van der Waals surface area contributed by atoms with Gasteiger partial charge in [-0.3, -0.25) is 4.79 Å². The zero-order valence-electron chi connectivity index (χ0n) is 12.8. The van der Waals surface area contributed by atoms with E-state index < -0.39 is 17.6 Å². The van der Waals surface area contributed by atoms with Crippen molar-refractivity contribution in [1.82, 2.24) is 0 Å². The van der Waals surface area contributed by atoms with E-state index in [0.29, 0.717) is 11.1 Å². The zero-order chi connectivity index (χ0) is 18.2. The Balaban J connectivity index is 1.86. The molecule has 130 valence electrons. The molecular weight excluding hydrogens is 375 g/mol. The predicted octanol–water partition coefficient (Wildman–Crippen LogP) is 5.83. The number of amides is 1. The highest BCUT2D eigenvalue weighted by Gasteiger charge is 2.30. The number of fused-ring (bicyclic) bond motifs is 1. The molecule has 3 aromatic rings. The van der Waals surface area contributed by atoms with E-state index >= 15 is 0 Å². The van der Waals surface area contributed by atoms with Crippen LogP contribution >= 0.6 is 22.9 Å². The summed E-state index contributed by atoms with van der Waals surface area (Å²) >= 11 is 7.48. The fourth-order valence-corrected chi connectivity index (χ4v) is 3.63. The van der Waals surface area contributed by atoms with E-state index in [4.69, 9.17) is 16.3 Å². The summed E-state index contributed by atoms with van der Waals surface area (Å²) in [7, 11) is 1.53. The number of benzene rings is 2. The largest absolute Gasteiger partial charge is 0.497 e. The molecule has 0 spiro atoms. The summed E-state index contributed by atoms with van der Waals surface area (Å²) in [5, 5.41) is 3.52. The van der Waals surface area contributed by atoms with Crippen LogP contribution in [0.4, 0.5) is 18.9 Å². The average Bonchev–Trinajstić information content (AvgIpc) is 2.91. The van der Waals surface area contributed by atoms with Gasteiger partial charge in [-0.1, -0.05) is 11.6 Å². The van der Waals surface area contributed by atoms with Gasteiger partial charge < -0.3 is 10.1 Å². The minimum Gasteiger partial charge on any atom is -0.497 e. The molecular formula is C17H11ClF3NO2S. The Morgan fingerprint density at radius 3 is 2.44 bits per heavy atom. The second-order valence-electron chi connectivity index (χ2n) is 5.14. The first-order valence-corrected chi connectivity index (χ1v) is 8.23. The number of alkyl halides is 3. The third-order valence-electron chi connectivity index (χ3n) is 3.51. The van der Waals surface area contributed by atoms with Crippen LogP contribution in [0, 0.1) is 0 Å². The molecule has 1 N–H and O–H groups in total. The number of rotatable bonds is 3. The molecule has 25 heavy (non-hydrogen) atoms. The van der Waals surface area contributed by atoms with Gasteiger partial charge in [0, 0.05) is 15.8 Å². The lowest BCUT2D eigenvalue weighted by molar-refractivity contribution is -0.137. The second kappa shape index (κ2) is 6.57. The van der Waals surface area contributed by atoms with Gasteiger partial charge in [0.15, 0.2) is 0 Å². The molecule has 1 aromatic heterocycles. The predicted molar refractivity (Wildman–Crippen MR) is 92.8 cm³/mol. The Morgan fingerprint density at radius 1 is 1.16 bits per heavy atom. The van der Waals surface area contributed by atoms with Gasteiger partial charge in [0.1, 0.15) is 10.6 Å².